The summed E-state index contributed by atoms with van der Waals surface area (Å²) in [7, 11) is 1.58. The molecule has 0 rings (SSSR count). The number of hydrogen-bond donors (Lipinski definition) is 1. The van der Waals surface area contributed by atoms with Gasteiger partial charge in [0.25, 0.3) is 0 Å². The molecule has 0 aromatic heterocycles. The lowest BCUT2D eigenvalue weighted by Gasteiger charge is -2.22. The van der Waals surface area contributed by atoms with Gasteiger partial charge in [-0.05, 0) is 20.8 Å². The summed E-state index contributed by atoms with van der Waals surface area (Å²) in [5.41, 5.74) is 3.14. The van der Waals surface area contributed by atoms with E-state index in [2.05, 4.69) is 5.73 Å². The van der Waals surface area contributed by atoms with Gasteiger partial charge in [0.1, 0.15) is 6.61 Å². The van der Waals surface area contributed by atoms with Crippen LogP contribution in [-0.4, -0.2) is 31.3 Å². The maximum Gasteiger partial charge on any atom is 0.364 e. The summed E-state index contributed by atoms with van der Waals surface area (Å²) in [4.78, 5) is 11.0. The third kappa shape index (κ3) is 4.31. The van der Waals surface area contributed by atoms with E-state index in [1.807, 2.05) is 13.8 Å². The van der Waals surface area contributed by atoms with E-state index in [0.29, 0.717) is 0 Å². The maximum absolute atomic E-state index is 11.0. The van der Waals surface area contributed by atoms with Gasteiger partial charge in [-0.2, -0.15) is 0 Å². The van der Waals surface area contributed by atoms with E-state index in [0.717, 1.165) is 0 Å². The van der Waals surface area contributed by atoms with Crippen molar-refractivity contribution in [1.29, 1.82) is 0 Å². The average Bonchev–Trinajstić information content (AvgIpc) is 2.00. The lowest BCUT2D eigenvalue weighted by atomic mass is 10.1. The van der Waals surface area contributed by atoms with Crippen molar-refractivity contribution in [3.05, 3.63) is 0 Å². The molecule has 0 unspecified atom stereocenters. The molecule has 0 aromatic carbocycles. The van der Waals surface area contributed by atoms with Gasteiger partial charge in [0.15, 0.2) is 6.04 Å². The molecule has 1 atom stereocenters. The first-order chi connectivity index (χ1) is 5.39. The van der Waals surface area contributed by atoms with Gasteiger partial charge < -0.3 is 15.2 Å². The van der Waals surface area contributed by atoms with Gasteiger partial charge in [0.05, 0.1) is 5.60 Å². The molecule has 0 aliphatic heterocycles. The van der Waals surface area contributed by atoms with Crippen molar-refractivity contribution < 1.29 is 20.0 Å². The fraction of sp³-hybridized carbons (Fsp3) is 0.875. The summed E-state index contributed by atoms with van der Waals surface area (Å²) < 4.78 is 10.0. The molecule has 0 fully saturated rings. The molecule has 4 nitrogen and oxygen atoms in total. The van der Waals surface area contributed by atoms with E-state index in [4.69, 9.17) is 9.47 Å². The molecular formula is C8H18NO3+. The Morgan fingerprint density at radius 1 is 1.58 bits per heavy atom. The average molecular weight is 176 g/mol. The highest BCUT2D eigenvalue weighted by atomic mass is 16.6. The van der Waals surface area contributed by atoms with Crippen molar-refractivity contribution in [2.75, 3.05) is 13.7 Å². The van der Waals surface area contributed by atoms with Crippen molar-refractivity contribution >= 4 is 5.97 Å². The van der Waals surface area contributed by atoms with Crippen LogP contribution in [0.2, 0.25) is 0 Å². The van der Waals surface area contributed by atoms with Crippen LogP contribution in [-0.2, 0) is 14.3 Å². The van der Waals surface area contributed by atoms with Crippen LogP contribution in [0, 0.1) is 0 Å². The van der Waals surface area contributed by atoms with Crippen molar-refractivity contribution in [1.82, 2.24) is 0 Å². The number of methoxy groups -OCH3 is 1. The van der Waals surface area contributed by atoms with E-state index in [1.165, 1.54) is 0 Å². The Hall–Kier alpha value is -0.610. The van der Waals surface area contributed by atoms with Crippen LogP contribution in [0.1, 0.15) is 20.8 Å². The van der Waals surface area contributed by atoms with Crippen LogP contribution in [0.3, 0.4) is 0 Å². The highest BCUT2D eigenvalue weighted by Gasteiger charge is 2.21. The van der Waals surface area contributed by atoms with E-state index in [1.54, 1.807) is 14.0 Å². The Labute approximate surface area is 73.0 Å². The number of hydrogen-bond acceptors (Lipinski definition) is 3. The summed E-state index contributed by atoms with van der Waals surface area (Å²) in [5.74, 6) is -0.292. The Morgan fingerprint density at radius 3 is 2.42 bits per heavy atom. The Kier molecular flexibility index (Phi) is 4.20. The second-order valence-electron chi connectivity index (χ2n) is 3.47. The number of ether oxygens (including phenoxy) is 2. The summed E-state index contributed by atoms with van der Waals surface area (Å²) in [5, 5.41) is 0. The van der Waals surface area contributed by atoms with Gasteiger partial charge in [-0.1, -0.05) is 0 Å². The Balaban J connectivity index is 3.76. The molecule has 0 saturated heterocycles. The molecule has 72 valence electrons. The Morgan fingerprint density at radius 2 is 2.08 bits per heavy atom. The summed E-state index contributed by atoms with van der Waals surface area (Å²) in [6.45, 7) is 5.67. The summed E-state index contributed by atoms with van der Waals surface area (Å²) in [6, 6.07) is -0.322. The molecule has 0 amide bonds. The third-order valence-corrected chi connectivity index (χ3v) is 1.52. The predicted molar refractivity (Wildman–Crippen MR) is 44.4 cm³/mol. The Bertz CT molecular complexity index is 154. The largest absolute Gasteiger partial charge is 0.458 e. The number of quaternary nitrogens is 1. The van der Waals surface area contributed by atoms with Crippen LogP contribution >= 0.6 is 0 Å². The molecule has 0 radical (unpaired) electrons. The molecule has 3 N–H and O–H groups in total. The zero-order valence-electron chi connectivity index (χ0n) is 8.22. The normalized spacial score (nSPS) is 14.1. The highest BCUT2D eigenvalue weighted by Crippen LogP contribution is 2.07. The molecule has 0 heterocycles. The van der Waals surface area contributed by atoms with Crippen molar-refractivity contribution in [3.8, 4) is 0 Å². The van der Waals surface area contributed by atoms with Crippen molar-refractivity contribution in [2.24, 2.45) is 0 Å². The van der Waals surface area contributed by atoms with Gasteiger partial charge in [0.2, 0.25) is 0 Å². The SMILES string of the molecule is COC(C)(C)COC(=O)[C@H](C)[NH3+]. The second-order valence-corrected chi connectivity index (χ2v) is 3.47. The zero-order chi connectivity index (χ0) is 9.78. The van der Waals surface area contributed by atoms with Crippen molar-refractivity contribution in [3.63, 3.8) is 0 Å². The summed E-state index contributed by atoms with van der Waals surface area (Å²) in [6.07, 6.45) is 0. The van der Waals surface area contributed by atoms with Crippen LogP contribution in [0.4, 0.5) is 0 Å². The lowest BCUT2D eigenvalue weighted by molar-refractivity contribution is -0.403. The van der Waals surface area contributed by atoms with Gasteiger partial charge in [-0.25, -0.2) is 4.79 Å². The molecule has 0 bridgehead atoms. The lowest BCUT2D eigenvalue weighted by Crippen LogP contribution is -2.63. The molecular weight excluding hydrogens is 158 g/mol. The number of rotatable bonds is 4. The number of esters is 1. The maximum atomic E-state index is 11.0. The highest BCUT2D eigenvalue weighted by molar-refractivity contribution is 5.73. The first-order valence-electron chi connectivity index (χ1n) is 3.94. The molecule has 0 saturated carbocycles. The minimum absolute atomic E-state index is 0.266. The minimum atomic E-state index is -0.412. The van der Waals surface area contributed by atoms with Crippen LogP contribution in [0.15, 0.2) is 0 Å². The smallest absolute Gasteiger partial charge is 0.364 e. The molecule has 4 heteroatoms. The van der Waals surface area contributed by atoms with Crippen LogP contribution in [0.5, 0.6) is 0 Å². The van der Waals surface area contributed by atoms with Gasteiger partial charge in [-0.15, -0.1) is 0 Å². The first kappa shape index (κ1) is 11.4. The number of carbonyl (C=O) groups is 1. The predicted octanol–water partition coefficient (Wildman–Crippen LogP) is -0.415. The van der Waals surface area contributed by atoms with Gasteiger partial charge in [-0.3, -0.25) is 0 Å². The molecule has 0 aliphatic rings. The minimum Gasteiger partial charge on any atom is -0.458 e. The zero-order valence-corrected chi connectivity index (χ0v) is 8.22. The molecule has 0 spiro atoms. The summed E-state index contributed by atoms with van der Waals surface area (Å²) >= 11 is 0. The molecule has 12 heavy (non-hydrogen) atoms. The quantitative estimate of drug-likeness (QED) is 0.592. The first-order valence-corrected chi connectivity index (χ1v) is 3.94. The van der Waals surface area contributed by atoms with Crippen LogP contribution < -0.4 is 5.73 Å². The molecule has 0 aromatic rings. The topological polar surface area (TPSA) is 63.2 Å². The van der Waals surface area contributed by atoms with E-state index in [9.17, 15) is 4.79 Å². The standard InChI is InChI=1S/C8H17NO3/c1-6(9)7(10)12-5-8(2,3)11-4/h6H,5,9H2,1-4H3/p+1/t6-/m0/s1. The third-order valence-electron chi connectivity index (χ3n) is 1.52. The second kappa shape index (κ2) is 4.42. The van der Waals surface area contributed by atoms with E-state index >= 15 is 0 Å². The van der Waals surface area contributed by atoms with E-state index in [-0.39, 0.29) is 18.6 Å². The molecule has 0 aliphatic carbocycles. The van der Waals surface area contributed by atoms with Gasteiger partial charge >= 0.3 is 5.97 Å². The fourth-order valence-electron chi connectivity index (χ4n) is 0.446. The monoisotopic (exact) mass is 176 g/mol. The van der Waals surface area contributed by atoms with E-state index < -0.39 is 5.60 Å². The van der Waals surface area contributed by atoms with Crippen LogP contribution in [0.25, 0.3) is 0 Å². The number of carbonyl (C=O) groups excluding carboxylic acids is 1. The van der Waals surface area contributed by atoms with Crippen molar-refractivity contribution in [2.45, 2.75) is 32.4 Å². The van der Waals surface area contributed by atoms with Gasteiger partial charge in [0, 0.05) is 7.11 Å². The fourth-order valence-corrected chi connectivity index (χ4v) is 0.446.